The van der Waals surface area contributed by atoms with Crippen molar-refractivity contribution >= 4 is 22.6 Å². The van der Waals surface area contributed by atoms with Crippen LogP contribution in [0.1, 0.15) is 31.2 Å². The van der Waals surface area contributed by atoms with Crippen molar-refractivity contribution in [2.75, 3.05) is 31.6 Å². The zero-order chi connectivity index (χ0) is 20.6. The number of ether oxygens (including phenoxy) is 1. The lowest BCUT2D eigenvalue weighted by molar-refractivity contribution is -0.148. The number of carbonyl (C=O) groups excluding carboxylic acids is 1. The quantitative estimate of drug-likeness (QED) is 0.720. The van der Waals surface area contributed by atoms with E-state index >= 15 is 0 Å². The Labute approximate surface area is 176 Å². The highest BCUT2D eigenvalue weighted by Crippen LogP contribution is 2.42. The monoisotopic (exact) mass is 405 g/mol. The summed E-state index contributed by atoms with van der Waals surface area (Å²) in [5, 5.41) is 1.21. The van der Waals surface area contributed by atoms with Gasteiger partial charge in [-0.15, -0.1) is 0 Å². The summed E-state index contributed by atoms with van der Waals surface area (Å²) in [6.45, 7) is 3.17. The average molecular weight is 406 g/mol. The summed E-state index contributed by atoms with van der Waals surface area (Å²) in [4.78, 5) is 29.7. The number of nitrogens with one attached hydrogen (secondary N) is 1. The van der Waals surface area contributed by atoms with E-state index in [9.17, 15) is 4.79 Å². The summed E-state index contributed by atoms with van der Waals surface area (Å²) in [5.41, 5.74) is 2.08. The zero-order valence-electron chi connectivity index (χ0n) is 17.3. The van der Waals surface area contributed by atoms with Crippen LogP contribution in [0.15, 0.2) is 42.9 Å². The van der Waals surface area contributed by atoms with E-state index in [1.807, 2.05) is 18.3 Å². The van der Waals surface area contributed by atoms with Crippen LogP contribution in [0, 0.1) is 5.41 Å². The summed E-state index contributed by atoms with van der Waals surface area (Å²) in [6.07, 6.45) is 7.36. The number of carbonyl (C=O) groups is 1. The first kappa shape index (κ1) is 18.9. The lowest BCUT2D eigenvalue weighted by Crippen LogP contribution is -2.53. The maximum atomic E-state index is 13.6. The highest BCUT2D eigenvalue weighted by atomic mass is 16.5. The van der Waals surface area contributed by atoms with Crippen LogP contribution in [0.2, 0.25) is 0 Å². The van der Waals surface area contributed by atoms with Gasteiger partial charge in [0.1, 0.15) is 12.1 Å². The molecule has 1 N–H and O–H groups in total. The fourth-order valence-electron chi connectivity index (χ4n) is 5.01. The van der Waals surface area contributed by atoms with Crippen LogP contribution in [0.4, 0.5) is 5.82 Å². The first-order valence-electron chi connectivity index (χ1n) is 10.6. The molecule has 3 aromatic rings. The highest BCUT2D eigenvalue weighted by molar-refractivity contribution is 5.86. The molecule has 30 heavy (non-hydrogen) atoms. The molecule has 1 amide bonds. The van der Waals surface area contributed by atoms with Crippen LogP contribution in [-0.2, 0) is 11.3 Å². The molecular formula is C23H27N5O2. The van der Waals surface area contributed by atoms with Crippen molar-refractivity contribution in [2.45, 2.75) is 32.2 Å². The first-order valence-corrected chi connectivity index (χ1v) is 10.6. The molecule has 0 unspecified atom stereocenters. The number of piperidine rings is 2. The summed E-state index contributed by atoms with van der Waals surface area (Å²) >= 11 is 0. The summed E-state index contributed by atoms with van der Waals surface area (Å²) < 4.78 is 5.23. The minimum atomic E-state index is -0.238. The van der Waals surface area contributed by atoms with Crippen LogP contribution in [-0.4, -0.2) is 52.5 Å². The van der Waals surface area contributed by atoms with Gasteiger partial charge in [0.25, 0.3) is 0 Å². The van der Waals surface area contributed by atoms with E-state index in [0.29, 0.717) is 18.3 Å². The molecule has 1 aromatic carbocycles. The summed E-state index contributed by atoms with van der Waals surface area (Å²) in [7, 11) is 1.61. The molecule has 0 aliphatic carbocycles. The minimum absolute atomic E-state index is 0.238. The van der Waals surface area contributed by atoms with E-state index in [4.69, 9.17) is 4.74 Å². The van der Waals surface area contributed by atoms with Crippen molar-refractivity contribution in [2.24, 2.45) is 5.41 Å². The van der Waals surface area contributed by atoms with Gasteiger partial charge in [-0.1, -0.05) is 18.2 Å². The summed E-state index contributed by atoms with van der Waals surface area (Å²) in [5.74, 6) is 1.76. The van der Waals surface area contributed by atoms with Crippen molar-refractivity contribution in [3.05, 3.63) is 48.4 Å². The Morgan fingerprint density at radius 3 is 2.80 bits per heavy atom. The van der Waals surface area contributed by atoms with Crippen LogP contribution in [0.5, 0.6) is 5.88 Å². The van der Waals surface area contributed by atoms with Gasteiger partial charge >= 0.3 is 0 Å². The smallest absolute Gasteiger partial charge is 0.229 e. The molecule has 2 aliphatic heterocycles. The number of anilines is 1. The number of para-hydroxylation sites is 1. The molecule has 2 aliphatic rings. The van der Waals surface area contributed by atoms with E-state index in [-0.39, 0.29) is 5.41 Å². The molecule has 0 bridgehead atoms. The van der Waals surface area contributed by atoms with Gasteiger partial charge in [-0.05, 0) is 37.3 Å². The molecule has 0 saturated carbocycles. The van der Waals surface area contributed by atoms with Crippen LogP contribution in [0.3, 0.4) is 0 Å². The molecular weight excluding hydrogens is 378 g/mol. The van der Waals surface area contributed by atoms with E-state index in [2.05, 4.69) is 43.0 Å². The van der Waals surface area contributed by atoms with Crippen LogP contribution < -0.4 is 9.64 Å². The number of hydrogen-bond donors (Lipinski definition) is 1. The Balaban J connectivity index is 1.30. The van der Waals surface area contributed by atoms with Gasteiger partial charge in [0.15, 0.2) is 0 Å². The van der Waals surface area contributed by atoms with E-state index < -0.39 is 0 Å². The number of rotatable bonds is 4. The van der Waals surface area contributed by atoms with Crippen molar-refractivity contribution in [1.82, 2.24) is 19.9 Å². The van der Waals surface area contributed by atoms with Crippen molar-refractivity contribution in [3.63, 3.8) is 0 Å². The van der Waals surface area contributed by atoms with Crippen molar-refractivity contribution in [3.8, 4) is 5.88 Å². The summed E-state index contributed by atoms with van der Waals surface area (Å²) in [6, 6.07) is 10.2. The zero-order valence-corrected chi connectivity index (χ0v) is 17.3. The molecule has 156 valence electrons. The average Bonchev–Trinajstić information content (AvgIpc) is 3.20. The Bertz CT molecular complexity index is 1050. The number of H-pyrrole nitrogens is 1. The number of benzene rings is 1. The maximum absolute atomic E-state index is 13.6. The minimum Gasteiger partial charge on any atom is -0.481 e. The van der Waals surface area contributed by atoms with Crippen LogP contribution >= 0.6 is 0 Å². The first-order chi connectivity index (χ1) is 14.7. The topological polar surface area (TPSA) is 74.3 Å². The largest absolute Gasteiger partial charge is 0.481 e. The fraction of sp³-hybridized carbons (Fsp3) is 0.435. The third kappa shape index (κ3) is 3.28. The normalized spacial score (nSPS) is 18.9. The van der Waals surface area contributed by atoms with E-state index in [0.717, 1.165) is 56.7 Å². The number of likely N-dealkylation sites (tertiary alicyclic amines) is 1. The second kappa shape index (κ2) is 7.63. The molecule has 2 saturated heterocycles. The van der Waals surface area contributed by atoms with Gasteiger partial charge in [0, 0.05) is 49.3 Å². The lowest BCUT2D eigenvalue weighted by Gasteiger charge is -2.46. The predicted molar refractivity (Wildman–Crippen MR) is 115 cm³/mol. The number of aromatic amines is 1. The molecule has 4 heterocycles. The number of fused-ring (bicyclic) bond motifs is 1. The fourth-order valence-corrected chi connectivity index (χ4v) is 5.01. The maximum Gasteiger partial charge on any atom is 0.229 e. The standard InChI is InChI=1S/C23H27N5O2/c1-30-21-13-20(25-16-26-21)27-11-8-23(9-12-27)7-4-10-28(22(23)29)15-17-14-24-19-6-3-2-5-18(17)19/h2-3,5-6,13-14,16,24H,4,7-12,15H2,1H3. The molecule has 1 spiro atoms. The van der Waals surface area contributed by atoms with Gasteiger partial charge in [0.2, 0.25) is 11.8 Å². The molecule has 0 radical (unpaired) electrons. The number of methoxy groups -OCH3 is 1. The van der Waals surface area contributed by atoms with Crippen molar-refractivity contribution < 1.29 is 9.53 Å². The SMILES string of the molecule is COc1cc(N2CCC3(CCCN(Cc4c[nH]c5ccccc45)C3=O)CC2)ncn1. The molecule has 5 rings (SSSR count). The second-order valence-electron chi connectivity index (χ2n) is 8.38. The molecule has 0 atom stereocenters. The number of amides is 1. The Kier molecular flexibility index (Phi) is 4.81. The Hall–Kier alpha value is -3.09. The molecule has 2 aromatic heterocycles. The van der Waals surface area contributed by atoms with Gasteiger partial charge in [-0.2, -0.15) is 0 Å². The van der Waals surface area contributed by atoms with Crippen molar-refractivity contribution in [1.29, 1.82) is 0 Å². The molecule has 7 heteroatoms. The van der Waals surface area contributed by atoms with Gasteiger partial charge < -0.3 is 19.5 Å². The third-order valence-corrected chi connectivity index (χ3v) is 6.74. The number of aromatic nitrogens is 3. The predicted octanol–water partition coefficient (Wildman–Crippen LogP) is 3.38. The van der Waals surface area contributed by atoms with Crippen LogP contribution in [0.25, 0.3) is 10.9 Å². The highest BCUT2D eigenvalue weighted by Gasteiger charge is 2.45. The lowest BCUT2D eigenvalue weighted by atomic mass is 9.71. The Morgan fingerprint density at radius 2 is 1.97 bits per heavy atom. The third-order valence-electron chi connectivity index (χ3n) is 6.74. The van der Waals surface area contributed by atoms with Gasteiger partial charge in [0.05, 0.1) is 12.5 Å². The van der Waals surface area contributed by atoms with E-state index in [1.165, 1.54) is 17.3 Å². The molecule has 2 fully saturated rings. The molecule has 7 nitrogen and oxygen atoms in total. The second-order valence-corrected chi connectivity index (χ2v) is 8.38. The number of nitrogens with zero attached hydrogens (tertiary/aromatic N) is 4. The van der Waals surface area contributed by atoms with Gasteiger partial charge in [-0.3, -0.25) is 4.79 Å². The van der Waals surface area contributed by atoms with Gasteiger partial charge in [-0.25, -0.2) is 9.97 Å². The Morgan fingerprint density at radius 1 is 1.13 bits per heavy atom. The number of hydrogen-bond acceptors (Lipinski definition) is 5. The van der Waals surface area contributed by atoms with E-state index in [1.54, 1.807) is 7.11 Å².